The highest BCUT2D eigenvalue weighted by atomic mass is 19.4. The van der Waals surface area contributed by atoms with Gasteiger partial charge in [0.1, 0.15) is 6.61 Å². The van der Waals surface area contributed by atoms with E-state index in [-0.39, 0.29) is 13.0 Å². The van der Waals surface area contributed by atoms with Gasteiger partial charge in [0.25, 0.3) is 0 Å². The Balaban J connectivity index is 2.23. The second-order valence-electron chi connectivity index (χ2n) is 4.21. The lowest BCUT2D eigenvalue weighted by atomic mass is 10.3. The molecule has 0 bridgehead atoms. The lowest BCUT2D eigenvalue weighted by molar-refractivity contribution is -0.173. The van der Waals surface area contributed by atoms with E-state index in [1.54, 1.807) is 0 Å². The summed E-state index contributed by atoms with van der Waals surface area (Å²) in [5, 5.41) is 6.84. The van der Waals surface area contributed by atoms with Gasteiger partial charge in [-0.3, -0.25) is 0 Å². The quantitative estimate of drug-likeness (QED) is 0.739. The molecule has 0 saturated carbocycles. The largest absolute Gasteiger partial charge is 0.411 e. The van der Waals surface area contributed by atoms with Crippen LogP contribution in [0.1, 0.15) is 32.0 Å². The molecule has 1 unspecified atom stereocenters. The van der Waals surface area contributed by atoms with Crippen molar-refractivity contribution in [3.8, 4) is 0 Å². The number of nitrogens with zero attached hydrogens (tertiary/aromatic N) is 2. The Morgan fingerprint density at radius 1 is 1.42 bits per heavy atom. The minimum absolute atomic E-state index is 0.0860. The van der Waals surface area contributed by atoms with Crippen molar-refractivity contribution in [1.82, 2.24) is 15.5 Å². The predicted octanol–water partition coefficient (Wildman–Crippen LogP) is 2.08. The molecule has 19 heavy (non-hydrogen) atoms. The Morgan fingerprint density at radius 2 is 2.16 bits per heavy atom. The first-order valence-corrected chi connectivity index (χ1v) is 6.10. The summed E-state index contributed by atoms with van der Waals surface area (Å²) < 4.78 is 44.9. The first kappa shape index (κ1) is 15.9. The van der Waals surface area contributed by atoms with E-state index in [9.17, 15) is 13.2 Å². The van der Waals surface area contributed by atoms with Crippen molar-refractivity contribution in [1.29, 1.82) is 0 Å². The zero-order chi connectivity index (χ0) is 14.3. The SMILES string of the molecule is CCC(C)NCc1nc(CCOCC(F)(F)F)no1. The smallest absolute Gasteiger partial charge is 0.372 e. The van der Waals surface area contributed by atoms with Gasteiger partial charge in [0, 0.05) is 12.5 Å². The van der Waals surface area contributed by atoms with E-state index in [1.807, 2.05) is 6.92 Å². The van der Waals surface area contributed by atoms with Gasteiger partial charge in [0.2, 0.25) is 5.89 Å². The number of hydrogen-bond acceptors (Lipinski definition) is 5. The molecule has 0 aromatic carbocycles. The Labute approximate surface area is 109 Å². The van der Waals surface area contributed by atoms with E-state index < -0.39 is 12.8 Å². The summed E-state index contributed by atoms with van der Waals surface area (Å²) in [5.74, 6) is 0.772. The molecular formula is C11H18F3N3O2. The number of alkyl halides is 3. The Morgan fingerprint density at radius 3 is 2.79 bits per heavy atom. The van der Waals surface area contributed by atoms with Gasteiger partial charge in [-0.25, -0.2) is 0 Å². The van der Waals surface area contributed by atoms with Crippen molar-refractivity contribution in [2.75, 3.05) is 13.2 Å². The first-order chi connectivity index (χ1) is 8.90. The van der Waals surface area contributed by atoms with Crippen LogP contribution in [-0.2, 0) is 17.7 Å². The van der Waals surface area contributed by atoms with Crippen LogP contribution in [0.3, 0.4) is 0 Å². The molecule has 1 aromatic rings. The van der Waals surface area contributed by atoms with Gasteiger partial charge in [-0.05, 0) is 13.3 Å². The average Bonchev–Trinajstić information content (AvgIpc) is 2.78. The number of halogens is 3. The van der Waals surface area contributed by atoms with Crippen LogP contribution in [0.2, 0.25) is 0 Å². The molecule has 1 aromatic heterocycles. The van der Waals surface area contributed by atoms with Crippen LogP contribution in [0, 0.1) is 0 Å². The molecule has 1 N–H and O–H groups in total. The zero-order valence-corrected chi connectivity index (χ0v) is 11.0. The van der Waals surface area contributed by atoms with E-state index >= 15 is 0 Å². The van der Waals surface area contributed by atoms with Crippen LogP contribution in [-0.4, -0.2) is 35.6 Å². The molecule has 1 rings (SSSR count). The highest BCUT2D eigenvalue weighted by molar-refractivity contribution is 4.86. The van der Waals surface area contributed by atoms with E-state index in [4.69, 9.17) is 4.52 Å². The summed E-state index contributed by atoms with van der Waals surface area (Å²) in [7, 11) is 0. The summed E-state index contributed by atoms with van der Waals surface area (Å²) in [4.78, 5) is 4.05. The van der Waals surface area contributed by atoms with Gasteiger partial charge < -0.3 is 14.6 Å². The standard InChI is InChI=1S/C11H18F3N3O2/c1-3-8(2)15-6-10-16-9(17-19-10)4-5-18-7-11(12,13)14/h8,15H,3-7H2,1-2H3. The van der Waals surface area contributed by atoms with Crippen molar-refractivity contribution in [2.45, 2.75) is 45.5 Å². The fourth-order valence-corrected chi connectivity index (χ4v) is 1.22. The third-order valence-electron chi connectivity index (χ3n) is 2.46. The average molecular weight is 281 g/mol. The van der Waals surface area contributed by atoms with Gasteiger partial charge in [-0.15, -0.1) is 0 Å². The molecule has 0 saturated heterocycles. The maximum atomic E-state index is 11.8. The van der Waals surface area contributed by atoms with Gasteiger partial charge >= 0.3 is 6.18 Å². The van der Waals surface area contributed by atoms with Crippen molar-refractivity contribution in [3.05, 3.63) is 11.7 Å². The number of aromatic nitrogens is 2. The summed E-state index contributed by atoms with van der Waals surface area (Å²) >= 11 is 0. The second-order valence-corrected chi connectivity index (χ2v) is 4.21. The van der Waals surface area contributed by atoms with Crippen LogP contribution >= 0.6 is 0 Å². The normalized spacial score (nSPS) is 13.7. The van der Waals surface area contributed by atoms with E-state index in [2.05, 4.69) is 27.1 Å². The fourth-order valence-electron chi connectivity index (χ4n) is 1.22. The molecule has 0 radical (unpaired) electrons. The fraction of sp³-hybridized carbons (Fsp3) is 0.818. The van der Waals surface area contributed by atoms with Crippen molar-refractivity contribution in [3.63, 3.8) is 0 Å². The number of nitrogens with one attached hydrogen (secondary N) is 1. The maximum Gasteiger partial charge on any atom is 0.411 e. The molecule has 0 aliphatic heterocycles. The molecule has 8 heteroatoms. The lowest BCUT2D eigenvalue weighted by Gasteiger charge is -2.07. The zero-order valence-electron chi connectivity index (χ0n) is 11.0. The predicted molar refractivity (Wildman–Crippen MR) is 61.5 cm³/mol. The summed E-state index contributed by atoms with van der Waals surface area (Å²) in [6, 6.07) is 0.338. The molecule has 0 fully saturated rings. The summed E-state index contributed by atoms with van der Waals surface area (Å²) in [6.45, 7) is 3.19. The number of ether oxygens (including phenoxy) is 1. The molecule has 110 valence electrons. The minimum Gasteiger partial charge on any atom is -0.372 e. The third-order valence-corrected chi connectivity index (χ3v) is 2.46. The van der Waals surface area contributed by atoms with E-state index in [0.29, 0.717) is 24.3 Å². The molecule has 0 amide bonds. The van der Waals surface area contributed by atoms with Gasteiger partial charge in [-0.2, -0.15) is 18.2 Å². The van der Waals surface area contributed by atoms with Crippen molar-refractivity contribution in [2.24, 2.45) is 0 Å². The molecule has 0 aliphatic carbocycles. The highest BCUT2D eigenvalue weighted by Crippen LogP contribution is 2.14. The van der Waals surface area contributed by atoms with E-state index in [1.165, 1.54) is 0 Å². The molecular weight excluding hydrogens is 263 g/mol. The van der Waals surface area contributed by atoms with Crippen LogP contribution in [0.15, 0.2) is 4.52 Å². The van der Waals surface area contributed by atoms with Gasteiger partial charge in [0.05, 0.1) is 13.2 Å². The van der Waals surface area contributed by atoms with Crippen LogP contribution in [0.25, 0.3) is 0 Å². The molecule has 0 spiro atoms. The van der Waals surface area contributed by atoms with Crippen LogP contribution < -0.4 is 5.32 Å². The van der Waals surface area contributed by atoms with Crippen molar-refractivity contribution < 1.29 is 22.4 Å². The summed E-state index contributed by atoms with van der Waals surface area (Å²) in [6.07, 6.45) is -3.13. The topological polar surface area (TPSA) is 60.2 Å². The molecule has 1 atom stereocenters. The minimum atomic E-state index is -4.30. The van der Waals surface area contributed by atoms with Crippen LogP contribution in [0.5, 0.6) is 0 Å². The Kier molecular flexibility index (Phi) is 6.23. The maximum absolute atomic E-state index is 11.8. The first-order valence-electron chi connectivity index (χ1n) is 6.10. The molecule has 1 heterocycles. The van der Waals surface area contributed by atoms with Crippen LogP contribution in [0.4, 0.5) is 13.2 Å². The molecule has 0 aliphatic rings. The molecule has 5 nitrogen and oxygen atoms in total. The van der Waals surface area contributed by atoms with E-state index in [0.717, 1.165) is 6.42 Å². The highest BCUT2D eigenvalue weighted by Gasteiger charge is 2.27. The Bertz CT molecular complexity index is 368. The summed E-state index contributed by atoms with van der Waals surface area (Å²) in [5.41, 5.74) is 0. The Hall–Kier alpha value is -1.15. The monoisotopic (exact) mass is 281 g/mol. The number of rotatable bonds is 8. The number of hydrogen-bond donors (Lipinski definition) is 1. The van der Waals surface area contributed by atoms with Gasteiger partial charge in [-0.1, -0.05) is 12.1 Å². The van der Waals surface area contributed by atoms with Gasteiger partial charge in [0.15, 0.2) is 5.82 Å². The van der Waals surface area contributed by atoms with Crippen molar-refractivity contribution >= 4 is 0 Å². The lowest BCUT2D eigenvalue weighted by Crippen LogP contribution is -2.24. The second kappa shape index (κ2) is 7.44. The third kappa shape index (κ3) is 7.12.